The summed E-state index contributed by atoms with van der Waals surface area (Å²) in [6, 6.07) is 0. The van der Waals surface area contributed by atoms with Crippen molar-refractivity contribution in [2.24, 2.45) is 0 Å². The zero-order valence-electron chi connectivity index (χ0n) is 7.88. The fraction of sp³-hybridized carbons (Fsp3) is 1.00. The Morgan fingerprint density at radius 1 is 0.818 bits per heavy atom. The van der Waals surface area contributed by atoms with Gasteiger partial charge in [0.15, 0.2) is 5.90 Å². The van der Waals surface area contributed by atoms with E-state index in [1.54, 1.807) is 5.90 Å². The standard InChI is InChI=1S/C7H18P2.2BrH/c1-5-8(3)7-9(4)6-2;;/h5-7H2,1-4H3;2*1H. The molecule has 0 N–H and O–H groups in total. The first-order valence-electron chi connectivity index (χ1n) is 3.83. The van der Waals surface area contributed by atoms with Gasteiger partial charge in [0, 0.05) is 15.8 Å². The number of halogens is 2. The van der Waals surface area contributed by atoms with E-state index in [4.69, 9.17) is 0 Å². The van der Waals surface area contributed by atoms with Gasteiger partial charge in [0.2, 0.25) is 0 Å². The first-order valence-corrected chi connectivity index (χ1v) is 8.66. The van der Waals surface area contributed by atoms with E-state index in [0.717, 1.165) is 0 Å². The van der Waals surface area contributed by atoms with E-state index >= 15 is 0 Å². The van der Waals surface area contributed by atoms with Crippen molar-refractivity contribution < 1.29 is 34.0 Å². The molecule has 72 valence electrons. The fourth-order valence-electron chi connectivity index (χ4n) is 0.765. The Morgan fingerprint density at radius 2 is 1.09 bits per heavy atom. The van der Waals surface area contributed by atoms with Crippen LogP contribution in [-0.2, 0) is 0 Å². The van der Waals surface area contributed by atoms with Crippen molar-refractivity contribution in [2.75, 3.05) is 31.6 Å². The van der Waals surface area contributed by atoms with E-state index in [1.165, 1.54) is 12.3 Å². The molecule has 0 rings (SSSR count). The molecule has 0 nitrogen and oxygen atoms in total. The van der Waals surface area contributed by atoms with Crippen molar-refractivity contribution >= 4 is 15.8 Å². The molecule has 2 atom stereocenters. The molecule has 0 saturated carbocycles. The maximum absolute atomic E-state index is 2.47. The van der Waals surface area contributed by atoms with Crippen LogP contribution in [0, 0.1) is 0 Å². The largest absolute Gasteiger partial charge is 1.00 e. The lowest BCUT2D eigenvalue weighted by atomic mass is 11.0. The first-order chi connectivity index (χ1) is 4.20. The van der Waals surface area contributed by atoms with Crippen LogP contribution in [0.15, 0.2) is 0 Å². The van der Waals surface area contributed by atoms with Crippen molar-refractivity contribution in [3.8, 4) is 0 Å². The summed E-state index contributed by atoms with van der Waals surface area (Å²) >= 11 is 0. The van der Waals surface area contributed by atoms with Crippen LogP contribution in [-0.4, -0.2) is 31.6 Å². The quantitative estimate of drug-likeness (QED) is 0.475. The van der Waals surface area contributed by atoms with E-state index < -0.39 is 0 Å². The van der Waals surface area contributed by atoms with Gasteiger partial charge < -0.3 is 34.0 Å². The van der Waals surface area contributed by atoms with Crippen molar-refractivity contribution in [3.05, 3.63) is 0 Å². The predicted molar refractivity (Wildman–Crippen MR) is 54.4 cm³/mol. The zero-order chi connectivity index (χ0) is 7.28. The highest BCUT2D eigenvalue weighted by molar-refractivity contribution is 7.73. The van der Waals surface area contributed by atoms with Gasteiger partial charge in [0.05, 0.1) is 25.7 Å². The maximum Gasteiger partial charge on any atom is 0.154 e. The van der Waals surface area contributed by atoms with Crippen LogP contribution in [0.1, 0.15) is 13.8 Å². The first kappa shape index (κ1) is 18.6. The summed E-state index contributed by atoms with van der Waals surface area (Å²) in [5.41, 5.74) is 0. The van der Waals surface area contributed by atoms with E-state index in [2.05, 4.69) is 27.2 Å². The maximum atomic E-state index is 2.47. The van der Waals surface area contributed by atoms with Crippen molar-refractivity contribution in [3.63, 3.8) is 0 Å². The number of rotatable bonds is 4. The Hall–Kier alpha value is 1.82. The molecule has 0 aromatic heterocycles. The molecule has 4 heteroatoms. The Bertz CT molecular complexity index is 63.5. The lowest BCUT2D eigenvalue weighted by Crippen LogP contribution is -3.00. The molecule has 0 saturated heterocycles. The molecule has 0 aliphatic carbocycles. The van der Waals surface area contributed by atoms with E-state index in [-0.39, 0.29) is 49.8 Å². The normalized spacial score (nSPS) is 14.2. The lowest BCUT2D eigenvalue weighted by molar-refractivity contribution is -0.00100. The third-order valence-corrected chi connectivity index (χ3v) is 9.05. The van der Waals surface area contributed by atoms with Crippen LogP contribution < -0.4 is 34.0 Å². The van der Waals surface area contributed by atoms with Gasteiger partial charge in [-0.15, -0.1) is 0 Å². The Labute approximate surface area is 95.0 Å². The Kier molecular flexibility index (Phi) is 20.0. The third kappa shape index (κ3) is 11.8. The molecule has 11 heavy (non-hydrogen) atoms. The molecular formula is C7H20Br2P2. The highest BCUT2D eigenvalue weighted by atomic mass is 79.9. The summed E-state index contributed by atoms with van der Waals surface area (Å²) in [5, 5.41) is 0. The minimum absolute atomic E-state index is 0. The van der Waals surface area contributed by atoms with Crippen LogP contribution in [0.4, 0.5) is 0 Å². The number of hydrogen-bond donors (Lipinski definition) is 0. The minimum atomic E-state index is 0. The lowest BCUT2D eigenvalue weighted by Gasteiger charge is -2.01. The van der Waals surface area contributed by atoms with E-state index in [1.807, 2.05) is 0 Å². The molecule has 0 bridgehead atoms. The number of hydrogen-bond acceptors (Lipinski definition) is 0. The van der Waals surface area contributed by atoms with Crippen LogP contribution >= 0.6 is 15.8 Å². The summed E-state index contributed by atoms with van der Waals surface area (Å²) in [7, 11) is 0.210. The zero-order valence-corrected chi connectivity index (χ0v) is 13.0. The molecule has 0 fully saturated rings. The molecule has 0 aliphatic heterocycles. The monoisotopic (exact) mass is 324 g/mol. The van der Waals surface area contributed by atoms with Gasteiger partial charge in [-0.25, -0.2) is 0 Å². The van der Waals surface area contributed by atoms with Crippen LogP contribution in [0.2, 0.25) is 0 Å². The van der Waals surface area contributed by atoms with Crippen molar-refractivity contribution in [1.82, 2.24) is 0 Å². The molecule has 0 aromatic rings. The van der Waals surface area contributed by atoms with Gasteiger partial charge in [-0.05, 0) is 13.8 Å². The van der Waals surface area contributed by atoms with Gasteiger partial charge in [-0.1, -0.05) is 0 Å². The average molecular weight is 326 g/mol. The molecule has 0 aromatic carbocycles. The van der Waals surface area contributed by atoms with Gasteiger partial charge >= 0.3 is 0 Å². The fourth-order valence-corrected chi connectivity index (χ4v) is 6.89. The summed E-state index contributed by atoms with van der Waals surface area (Å²) in [4.78, 5) is 0. The highest BCUT2D eigenvalue weighted by Gasteiger charge is 2.14. The Morgan fingerprint density at radius 3 is 1.27 bits per heavy atom. The van der Waals surface area contributed by atoms with Crippen LogP contribution in [0.25, 0.3) is 0 Å². The molecule has 0 amide bonds. The third-order valence-electron chi connectivity index (χ3n) is 1.81. The smallest absolute Gasteiger partial charge is 0.154 e. The second-order valence-electron chi connectivity index (χ2n) is 2.80. The molecule has 0 spiro atoms. The Balaban J connectivity index is -0.000000320. The summed E-state index contributed by atoms with van der Waals surface area (Å²) < 4.78 is 0. The molecule has 0 heterocycles. The molecule has 0 aliphatic rings. The second-order valence-corrected chi connectivity index (χ2v) is 9.45. The SMILES string of the molecule is CC[PH+](C)C[PH+](C)CC.[Br-].[Br-]. The topological polar surface area (TPSA) is 0 Å². The van der Waals surface area contributed by atoms with Crippen LogP contribution in [0.3, 0.4) is 0 Å². The summed E-state index contributed by atoms with van der Waals surface area (Å²) in [6.07, 6.45) is 2.93. The van der Waals surface area contributed by atoms with Crippen LogP contribution in [0.5, 0.6) is 0 Å². The van der Waals surface area contributed by atoms with Crippen molar-refractivity contribution in [2.45, 2.75) is 13.8 Å². The predicted octanol–water partition coefficient (Wildman–Crippen LogP) is -3.32. The average Bonchev–Trinajstić information content (AvgIpc) is 1.87. The van der Waals surface area contributed by atoms with E-state index in [9.17, 15) is 0 Å². The van der Waals surface area contributed by atoms with Crippen molar-refractivity contribution in [1.29, 1.82) is 0 Å². The van der Waals surface area contributed by atoms with Gasteiger partial charge in [-0.2, -0.15) is 0 Å². The van der Waals surface area contributed by atoms with Gasteiger partial charge in [0.1, 0.15) is 0 Å². The summed E-state index contributed by atoms with van der Waals surface area (Å²) in [6.45, 7) is 9.60. The molecule has 2 unspecified atom stereocenters. The van der Waals surface area contributed by atoms with Gasteiger partial charge in [0.25, 0.3) is 0 Å². The van der Waals surface area contributed by atoms with E-state index in [0.29, 0.717) is 0 Å². The summed E-state index contributed by atoms with van der Waals surface area (Å²) in [5.74, 6) is 1.61. The molecular weight excluding hydrogens is 306 g/mol. The second kappa shape index (κ2) is 11.8. The van der Waals surface area contributed by atoms with Gasteiger partial charge in [-0.3, -0.25) is 0 Å². The highest BCUT2D eigenvalue weighted by Crippen LogP contribution is 2.45. The minimum Gasteiger partial charge on any atom is -1.00 e. The molecule has 0 radical (unpaired) electrons.